The third kappa shape index (κ3) is 2.88. The normalized spacial score (nSPS) is 54.7. The Bertz CT molecular complexity index is 599. The molecule has 4 aliphatic carbocycles. The second-order valence-electron chi connectivity index (χ2n) is 11.5. The number of hydrogen-bond acceptors (Lipinski definition) is 2. The highest BCUT2D eigenvalue weighted by molar-refractivity contribution is 5.17. The Morgan fingerprint density at radius 3 is 2.44 bits per heavy atom. The van der Waals surface area contributed by atoms with E-state index >= 15 is 0 Å². The van der Waals surface area contributed by atoms with E-state index in [1.54, 1.807) is 0 Å². The predicted octanol–water partition coefficient (Wildman–Crippen LogP) is 5.72. The van der Waals surface area contributed by atoms with Crippen LogP contribution >= 0.6 is 0 Å². The first-order valence-corrected chi connectivity index (χ1v) is 11.7. The summed E-state index contributed by atoms with van der Waals surface area (Å²) < 4.78 is 0. The second-order valence-corrected chi connectivity index (χ2v) is 11.5. The Hall–Kier alpha value is -0.340. The summed E-state index contributed by atoms with van der Waals surface area (Å²) in [5.41, 5.74) is 1.34. The van der Waals surface area contributed by atoms with Gasteiger partial charge < -0.3 is 10.2 Å². The molecule has 2 N–H and O–H groups in total. The van der Waals surface area contributed by atoms with E-state index in [9.17, 15) is 10.2 Å². The number of aliphatic hydroxyl groups is 2. The molecule has 0 aromatic carbocycles. The summed E-state index contributed by atoms with van der Waals surface area (Å²) in [5.74, 6) is 3.03. The van der Waals surface area contributed by atoms with Gasteiger partial charge in [0.25, 0.3) is 0 Å². The molecule has 0 heterocycles. The van der Waals surface area contributed by atoms with E-state index in [0.717, 1.165) is 44.4 Å². The van der Waals surface area contributed by atoms with E-state index in [-0.39, 0.29) is 16.9 Å². The second kappa shape index (κ2) is 6.59. The van der Waals surface area contributed by atoms with Gasteiger partial charge in [-0.15, -0.1) is 0 Å². The van der Waals surface area contributed by atoms with Gasteiger partial charge in [-0.2, -0.15) is 0 Å². The van der Waals surface area contributed by atoms with Crippen LogP contribution in [0.1, 0.15) is 91.9 Å². The lowest BCUT2D eigenvalue weighted by Crippen LogP contribution is -2.60. The molecule has 4 saturated carbocycles. The van der Waals surface area contributed by atoms with E-state index in [2.05, 4.69) is 34.3 Å². The predicted molar refractivity (Wildman–Crippen MR) is 111 cm³/mol. The van der Waals surface area contributed by atoms with Crippen molar-refractivity contribution < 1.29 is 10.2 Å². The lowest BCUT2D eigenvalue weighted by molar-refractivity contribution is -0.190. The van der Waals surface area contributed by atoms with Crippen LogP contribution in [-0.2, 0) is 0 Å². The number of fused-ring (bicyclic) bond motifs is 5. The van der Waals surface area contributed by atoms with Crippen molar-refractivity contribution in [1.29, 1.82) is 0 Å². The summed E-state index contributed by atoms with van der Waals surface area (Å²) in [5, 5.41) is 22.6. The molecule has 0 bridgehead atoms. The molecule has 0 aliphatic heterocycles. The van der Waals surface area contributed by atoms with Gasteiger partial charge in [0.2, 0.25) is 0 Å². The van der Waals surface area contributed by atoms with Crippen LogP contribution in [0.25, 0.3) is 0 Å². The minimum atomic E-state index is -0.446. The Morgan fingerprint density at radius 1 is 1.04 bits per heavy atom. The van der Waals surface area contributed by atoms with Crippen LogP contribution in [0.15, 0.2) is 12.2 Å². The van der Waals surface area contributed by atoms with E-state index in [1.807, 2.05) is 0 Å². The molecule has 154 valence electrons. The highest BCUT2D eigenvalue weighted by atomic mass is 16.3. The van der Waals surface area contributed by atoms with Gasteiger partial charge in [-0.25, -0.2) is 0 Å². The van der Waals surface area contributed by atoms with Crippen LogP contribution in [0, 0.1) is 40.4 Å². The van der Waals surface area contributed by atoms with Crippen molar-refractivity contribution in [2.75, 3.05) is 0 Å². The Balaban J connectivity index is 1.62. The average Bonchev–Trinajstić information content (AvgIpc) is 2.92. The first kappa shape index (κ1) is 20.0. The van der Waals surface area contributed by atoms with Gasteiger partial charge in [0.1, 0.15) is 0 Å². The minimum absolute atomic E-state index is 0.179. The van der Waals surface area contributed by atoms with Crippen molar-refractivity contribution in [1.82, 2.24) is 0 Å². The summed E-state index contributed by atoms with van der Waals surface area (Å²) in [4.78, 5) is 0. The van der Waals surface area contributed by atoms with E-state index in [1.165, 1.54) is 31.3 Å². The first-order chi connectivity index (χ1) is 12.6. The number of aliphatic hydroxyl groups excluding tert-OH is 1. The lowest BCUT2D eigenvalue weighted by Gasteiger charge is -2.63. The zero-order chi connectivity index (χ0) is 19.6. The summed E-state index contributed by atoms with van der Waals surface area (Å²) in [6.45, 7) is 13.6. The molecule has 4 rings (SSSR count). The van der Waals surface area contributed by atoms with Gasteiger partial charge in [0.15, 0.2) is 0 Å². The van der Waals surface area contributed by atoms with Crippen LogP contribution in [0.2, 0.25) is 0 Å². The summed E-state index contributed by atoms with van der Waals surface area (Å²) >= 11 is 0. The largest absolute Gasteiger partial charge is 0.393 e. The van der Waals surface area contributed by atoms with Crippen LogP contribution in [0.5, 0.6) is 0 Å². The van der Waals surface area contributed by atoms with Crippen LogP contribution in [0.3, 0.4) is 0 Å². The van der Waals surface area contributed by atoms with Crippen molar-refractivity contribution in [3.05, 3.63) is 12.2 Å². The van der Waals surface area contributed by atoms with Gasteiger partial charge >= 0.3 is 0 Å². The lowest BCUT2D eigenvalue weighted by atomic mass is 9.43. The summed E-state index contributed by atoms with van der Waals surface area (Å²) in [7, 11) is 0. The molecule has 9 atom stereocenters. The molecular formula is C25H42O2. The quantitative estimate of drug-likeness (QED) is 0.620. The molecule has 0 aromatic rings. The molecule has 0 unspecified atom stereocenters. The molecule has 0 radical (unpaired) electrons. The molecule has 0 aromatic heterocycles. The molecule has 27 heavy (non-hydrogen) atoms. The van der Waals surface area contributed by atoms with Crippen molar-refractivity contribution in [2.45, 2.75) is 104 Å². The Kier molecular flexibility index (Phi) is 4.87. The van der Waals surface area contributed by atoms with Crippen molar-refractivity contribution >= 4 is 0 Å². The Labute approximate surface area is 166 Å². The molecule has 0 amide bonds. The zero-order valence-electron chi connectivity index (χ0n) is 18.1. The fourth-order valence-electron chi connectivity index (χ4n) is 8.95. The van der Waals surface area contributed by atoms with Crippen molar-refractivity contribution in [3.63, 3.8) is 0 Å². The Morgan fingerprint density at radius 2 is 1.78 bits per heavy atom. The topological polar surface area (TPSA) is 40.5 Å². The van der Waals surface area contributed by atoms with Crippen molar-refractivity contribution in [2.24, 2.45) is 40.4 Å². The summed E-state index contributed by atoms with van der Waals surface area (Å²) in [6, 6.07) is 0. The highest BCUT2D eigenvalue weighted by Crippen LogP contribution is 2.68. The fraction of sp³-hybridized carbons (Fsp3) is 0.920. The number of hydrogen-bond donors (Lipinski definition) is 2. The molecule has 4 aliphatic rings. The van der Waals surface area contributed by atoms with E-state index in [0.29, 0.717) is 23.7 Å². The molecule has 2 nitrogen and oxygen atoms in total. The van der Waals surface area contributed by atoms with Crippen molar-refractivity contribution in [3.8, 4) is 0 Å². The van der Waals surface area contributed by atoms with Gasteiger partial charge in [0, 0.05) is 0 Å². The zero-order valence-corrected chi connectivity index (χ0v) is 18.1. The maximum absolute atomic E-state index is 11.5. The molecular weight excluding hydrogens is 332 g/mol. The van der Waals surface area contributed by atoms with Crippen LogP contribution in [0.4, 0.5) is 0 Å². The van der Waals surface area contributed by atoms with Gasteiger partial charge in [-0.3, -0.25) is 0 Å². The summed E-state index contributed by atoms with van der Waals surface area (Å²) in [6.07, 6.45) is 10.9. The molecule has 4 fully saturated rings. The van der Waals surface area contributed by atoms with E-state index in [4.69, 9.17) is 0 Å². The maximum Gasteiger partial charge on any atom is 0.0650 e. The monoisotopic (exact) mass is 374 g/mol. The highest BCUT2D eigenvalue weighted by Gasteiger charge is 2.63. The van der Waals surface area contributed by atoms with Crippen LogP contribution < -0.4 is 0 Å². The smallest absolute Gasteiger partial charge is 0.0650 e. The molecule has 0 saturated heterocycles. The van der Waals surface area contributed by atoms with Gasteiger partial charge in [0.05, 0.1) is 11.7 Å². The molecule has 2 heteroatoms. The van der Waals surface area contributed by atoms with Gasteiger partial charge in [-0.05, 0) is 105 Å². The van der Waals surface area contributed by atoms with Gasteiger partial charge in [-0.1, -0.05) is 39.3 Å². The third-order valence-electron chi connectivity index (χ3n) is 10.1. The average molecular weight is 375 g/mol. The maximum atomic E-state index is 11.5. The van der Waals surface area contributed by atoms with Crippen LogP contribution in [-0.4, -0.2) is 21.9 Å². The fourth-order valence-corrected chi connectivity index (χ4v) is 8.95. The first-order valence-electron chi connectivity index (χ1n) is 11.7. The van der Waals surface area contributed by atoms with E-state index < -0.39 is 5.60 Å². The number of allylic oxidation sites excluding steroid dienone is 1. The minimum Gasteiger partial charge on any atom is -0.393 e. The molecule has 0 spiro atoms. The number of rotatable bonds is 3. The SMILES string of the molecule is C=C(C)[C@H]1CC[C@H]2[C@@H]3CC[C@@H]4C[C@@](O)(CCC)CC[C@]4(C)[C@H]3[C@@H](O)C[C@]12C. The standard InChI is InChI=1S/C25H42O2/c1-6-11-25(27)13-12-23(4)17(14-25)7-8-18-20-10-9-19(16(2)3)24(20,5)15-21(26)22(18)23/h17-22,26-27H,2,6-15H2,1,3-5H3/t17-,18+,19-,20+,21+,22-,23+,24-,25-/m1/s1. The third-order valence-corrected chi connectivity index (χ3v) is 10.1.